The van der Waals surface area contributed by atoms with E-state index in [2.05, 4.69) is 5.32 Å². The van der Waals surface area contributed by atoms with Gasteiger partial charge in [-0.3, -0.25) is 4.79 Å². The Kier molecular flexibility index (Phi) is 5.36. The standard InChI is InChI=1S/C16H20ClNO5/c1-4-16(2,3)18-13(19)9-23-15(20)10-7-11(17)14-12(8-10)21-5-6-22-14/h7-8H,4-6,9H2,1-3H3,(H,18,19). The lowest BCUT2D eigenvalue weighted by Crippen LogP contribution is -2.44. The highest BCUT2D eigenvalue weighted by Gasteiger charge is 2.22. The first-order valence-corrected chi connectivity index (χ1v) is 7.77. The quantitative estimate of drug-likeness (QED) is 0.833. The van der Waals surface area contributed by atoms with Gasteiger partial charge in [-0.25, -0.2) is 4.79 Å². The zero-order valence-corrected chi connectivity index (χ0v) is 14.2. The van der Waals surface area contributed by atoms with Gasteiger partial charge in [0.2, 0.25) is 0 Å². The number of carbonyl (C=O) groups excluding carboxylic acids is 2. The smallest absolute Gasteiger partial charge is 0.338 e. The van der Waals surface area contributed by atoms with E-state index in [1.807, 2.05) is 20.8 Å². The molecule has 7 heteroatoms. The maximum absolute atomic E-state index is 12.1. The number of esters is 1. The molecule has 1 heterocycles. The molecule has 1 aliphatic rings. The summed E-state index contributed by atoms with van der Waals surface area (Å²) in [5, 5.41) is 3.06. The van der Waals surface area contributed by atoms with Crippen LogP contribution in [0.1, 0.15) is 37.6 Å². The van der Waals surface area contributed by atoms with Crippen LogP contribution in [-0.4, -0.2) is 37.2 Å². The molecule has 126 valence electrons. The van der Waals surface area contributed by atoms with Crippen LogP contribution in [0.5, 0.6) is 11.5 Å². The second-order valence-electron chi connectivity index (χ2n) is 5.84. The van der Waals surface area contributed by atoms with Gasteiger partial charge in [0.1, 0.15) is 13.2 Å². The summed E-state index contributed by atoms with van der Waals surface area (Å²) in [5.41, 5.74) is -0.133. The zero-order chi connectivity index (χ0) is 17.0. The minimum Gasteiger partial charge on any atom is -0.486 e. The van der Waals surface area contributed by atoms with Crippen LogP contribution in [0.3, 0.4) is 0 Å². The molecule has 1 aromatic rings. The van der Waals surface area contributed by atoms with Crippen molar-refractivity contribution in [3.63, 3.8) is 0 Å². The van der Waals surface area contributed by atoms with Crippen LogP contribution in [0.15, 0.2) is 12.1 Å². The van der Waals surface area contributed by atoms with Crippen molar-refractivity contribution in [2.24, 2.45) is 0 Å². The van der Waals surface area contributed by atoms with E-state index in [1.165, 1.54) is 12.1 Å². The van der Waals surface area contributed by atoms with Gasteiger partial charge in [-0.05, 0) is 32.4 Å². The molecule has 0 fully saturated rings. The summed E-state index contributed by atoms with van der Waals surface area (Å²) < 4.78 is 15.8. The Balaban J connectivity index is 1.99. The largest absolute Gasteiger partial charge is 0.486 e. The highest BCUT2D eigenvalue weighted by atomic mass is 35.5. The lowest BCUT2D eigenvalue weighted by atomic mass is 10.0. The SMILES string of the molecule is CCC(C)(C)NC(=O)COC(=O)c1cc(Cl)c2c(c1)OCCO2. The van der Waals surface area contributed by atoms with Crippen molar-refractivity contribution in [1.82, 2.24) is 5.32 Å². The monoisotopic (exact) mass is 341 g/mol. The van der Waals surface area contributed by atoms with Crippen molar-refractivity contribution < 1.29 is 23.8 Å². The van der Waals surface area contributed by atoms with Crippen molar-refractivity contribution in [3.8, 4) is 11.5 Å². The molecule has 0 saturated heterocycles. The first-order valence-electron chi connectivity index (χ1n) is 7.39. The Morgan fingerprint density at radius 3 is 2.70 bits per heavy atom. The van der Waals surface area contributed by atoms with Crippen LogP contribution >= 0.6 is 11.6 Å². The van der Waals surface area contributed by atoms with Crippen LogP contribution in [0, 0.1) is 0 Å². The van der Waals surface area contributed by atoms with E-state index in [-0.39, 0.29) is 28.6 Å². The fourth-order valence-corrected chi connectivity index (χ4v) is 2.21. The summed E-state index contributed by atoms with van der Waals surface area (Å²) in [6.07, 6.45) is 0.768. The van der Waals surface area contributed by atoms with E-state index in [0.29, 0.717) is 24.7 Å². The minimum atomic E-state index is -0.645. The number of amides is 1. The van der Waals surface area contributed by atoms with Gasteiger partial charge in [-0.15, -0.1) is 0 Å². The summed E-state index contributed by atoms with van der Waals surface area (Å²) in [6, 6.07) is 2.93. The van der Waals surface area contributed by atoms with E-state index >= 15 is 0 Å². The fraction of sp³-hybridized carbons (Fsp3) is 0.500. The Morgan fingerprint density at radius 1 is 1.30 bits per heavy atom. The molecule has 0 aliphatic carbocycles. The molecule has 0 radical (unpaired) electrons. The molecule has 2 rings (SSSR count). The molecular weight excluding hydrogens is 322 g/mol. The second-order valence-corrected chi connectivity index (χ2v) is 6.25. The van der Waals surface area contributed by atoms with Gasteiger partial charge in [-0.1, -0.05) is 18.5 Å². The molecule has 1 aromatic carbocycles. The lowest BCUT2D eigenvalue weighted by Gasteiger charge is -2.24. The number of carbonyl (C=O) groups is 2. The molecule has 0 unspecified atom stereocenters. The Labute approximate surface area is 140 Å². The summed E-state index contributed by atoms with van der Waals surface area (Å²) >= 11 is 6.07. The van der Waals surface area contributed by atoms with Crippen LogP contribution in [-0.2, 0) is 9.53 Å². The van der Waals surface area contributed by atoms with Crippen LogP contribution in [0.25, 0.3) is 0 Å². The van der Waals surface area contributed by atoms with Gasteiger partial charge >= 0.3 is 5.97 Å². The van der Waals surface area contributed by atoms with Gasteiger partial charge in [0.05, 0.1) is 10.6 Å². The molecule has 6 nitrogen and oxygen atoms in total. The number of nitrogens with one attached hydrogen (secondary N) is 1. The molecule has 1 aliphatic heterocycles. The maximum atomic E-state index is 12.1. The predicted octanol–water partition coefficient (Wildman–Crippen LogP) is 2.57. The van der Waals surface area contributed by atoms with Crippen LogP contribution in [0.2, 0.25) is 5.02 Å². The van der Waals surface area contributed by atoms with Crippen LogP contribution < -0.4 is 14.8 Å². The number of benzene rings is 1. The topological polar surface area (TPSA) is 73.9 Å². The first kappa shape index (κ1) is 17.4. The van der Waals surface area contributed by atoms with Crippen LogP contribution in [0.4, 0.5) is 0 Å². The molecule has 0 aromatic heterocycles. The van der Waals surface area contributed by atoms with Gasteiger partial charge in [0.25, 0.3) is 5.91 Å². The molecule has 0 bridgehead atoms. The maximum Gasteiger partial charge on any atom is 0.338 e. The molecule has 0 saturated carbocycles. The average molecular weight is 342 g/mol. The van der Waals surface area contributed by atoms with Crippen molar-refractivity contribution in [1.29, 1.82) is 0 Å². The number of hydrogen-bond donors (Lipinski definition) is 1. The molecule has 0 atom stereocenters. The predicted molar refractivity (Wildman–Crippen MR) is 85.2 cm³/mol. The number of ether oxygens (including phenoxy) is 3. The summed E-state index contributed by atoms with van der Waals surface area (Å²) in [4.78, 5) is 23.9. The summed E-state index contributed by atoms with van der Waals surface area (Å²) in [7, 11) is 0. The number of hydrogen-bond acceptors (Lipinski definition) is 5. The molecular formula is C16H20ClNO5. The van der Waals surface area contributed by atoms with Crippen molar-refractivity contribution in [2.75, 3.05) is 19.8 Å². The third-order valence-corrected chi connectivity index (χ3v) is 3.81. The van der Waals surface area contributed by atoms with E-state index < -0.39 is 5.97 Å². The lowest BCUT2D eigenvalue weighted by molar-refractivity contribution is -0.125. The number of fused-ring (bicyclic) bond motifs is 1. The van der Waals surface area contributed by atoms with Gasteiger partial charge in [-0.2, -0.15) is 0 Å². The fourth-order valence-electron chi connectivity index (χ4n) is 1.95. The van der Waals surface area contributed by atoms with E-state index in [4.69, 9.17) is 25.8 Å². The molecule has 1 amide bonds. The van der Waals surface area contributed by atoms with Crippen molar-refractivity contribution in [3.05, 3.63) is 22.7 Å². The molecule has 0 spiro atoms. The summed E-state index contributed by atoms with van der Waals surface area (Å²) in [5.74, 6) is -0.189. The summed E-state index contributed by atoms with van der Waals surface area (Å²) in [6.45, 7) is 6.19. The Hall–Kier alpha value is -1.95. The van der Waals surface area contributed by atoms with Crippen molar-refractivity contribution in [2.45, 2.75) is 32.7 Å². The average Bonchev–Trinajstić information content (AvgIpc) is 2.52. The molecule has 23 heavy (non-hydrogen) atoms. The highest BCUT2D eigenvalue weighted by Crippen LogP contribution is 2.38. The first-order chi connectivity index (χ1) is 10.8. The van der Waals surface area contributed by atoms with Gasteiger partial charge in [0.15, 0.2) is 18.1 Å². The van der Waals surface area contributed by atoms with Gasteiger partial charge < -0.3 is 19.5 Å². The molecule has 1 N–H and O–H groups in total. The number of halogens is 1. The van der Waals surface area contributed by atoms with E-state index in [0.717, 1.165) is 6.42 Å². The van der Waals surface area contributed by atoms with Crippen molar-refractivity contribution >= 4 is 23.5 Å². The zero-order valence-electron chi connectivity index (χ0n) is 13.4. The van der Waals surface area contributed by atoms with E-state index in [9.17, 15) is 9.59 Å². The third kappa shape index (κ3) is 4.51. The van der Waals surface area contributed by atoms with E-state index in [1.54, 1.807) is 0 Å². The Morgan fingerprint density at radius 2 is 2.00 bits per heavy atom. The normalized spacial score (nSPS) is 13.4. The minimum absolute atomic E-state index is 0.210. The number of rotatable bonds is 5. The second kappa shape index (κ2) is 7.08. The van der Waals surface area contributed by atoms with Gasteiger partial charge in [0, 0.05) is 5.54 Å². The third-order valence-electron chi connectivity index (χ3n) is 3.53. The highest BCUT2D eigenvalue weighted by molar-refractivity contribution is 6.32. The Bertz CT molecular complexity index is 615.